The summed E-state index contributed by atoms with van der Waals surface area (Å²) in [6, 6.07) is 11.4. The quantitative estimate of drug-likeness (QED) is 0.739. The van der Waals surface area contributed by atoms with Crippen LogP contribution in [0.5, 0.6) is 5.75 Å². The van der Waals surface area contributed by atoms with Crippen molar-refractivity contribution in [2.45, 2.75) is 16.8 Å². The zero-order valence-electron chi connectivity index (χ0n) is 11.2. The van der Waals surface area contributed by atoms with E-state index in [0.717, 1.165) is 22.4 Å². The summed E-state index contributed by atoms with van der Waals surface area (Å²) >= 11 is 15.7. The first kappa shape index (κ1) is 15.2. The van der Waals surface area contributed by atoms with Crippen LogP contribution in [-0.4, -0.2) is 17.0 Å². The van der Waals surface area contributed by atoms with Crippen molar-refractivity contribution in [1.82, 2.24) is 0 Å². The van der Waals surface area contributed by atoms with Crippen LogP contribution in [0.1, 0.15) is 28.7 Å². The third-order valence-corrected chi connectivity index (χ3v) is 5.64. The Morgan fingerprint density at radius 3 is 2.48 bits per heavy atom. The number of fused-ring (bicyclic) bond motifs is 1. The van der Waals surface area contributed by atoms with Crippen LogP contribution in [-0.2, 0) is 0 Å². The number of aliphatic hydroxyl groups excluding tert-OH is 1. The van der Waals surface area contributed by atoms with E-state index in [0.29, 0.717) is 10.0 Å². The van der Waals surface area contributed by atoms with Gasteiger partial charge in [0.05, 0.1) is 28.1 Å². The van der Waals surface area contributed by atoms with E-state index in [2.05, 4.69) is 15.9 Å². The molecule has 0 amide bonds. The first-order chi connectivity index (χ1) is 10.0. The van der Waals surface area contributed by atoms with Gasteiger partial charge in [-0.1, -0.05) is 51.3 Å². The van der Waals surface area contributed by atoms with Gasteiger partial charge in [-0.3, -0.25) is 0 Å². The molecule has 0 saturated heterocycles. The number of rotatable bonds is 2. The van der Waals surface area contributed by atoms with Crippen molar-refractivity contribution in [3.05, 3.63) is 63.1 Å². The Morgan fingerprint density at radius 1 is 1.05 bits per heavy atom. The predicted octanol–water partition coefficient (Wildman–Crippen LogP) is 4.94. The van der Waals surface area contributed by atoms with E-state index in [1.54, 1.807) is 13.2 Å². The number of hydrogen-bond donors (Lipinski definition) is 1. The van der Waals surface area contributed by atoms with E-state index in [4.69, 9.17) is 27.9 Å². The highest BCUT2D eigenvalue weighted by molar-refractivity contribution is 9.09. The third-order valence-electron chi connectivity index (χ3n) is 3.87. The van der Waals surface area contributed by atoms with Crippen LogP contribution in [0.2, 0.25) is 10.0 Å². The molecule has 2 nitrogen and oxygen atoms in total. The molecule has 0 bridgehead atoms. The molecule has 0 heterocycles. The number of halogens is 3. The number of methoxy groups -OCH3 is 1. The molecule has 0 radical (unpaired) electrons. The lowest BCUT2D eigenvalue weighted by Crippen LogP contribution is -2.12. The Kier molecular flexibility index (Phi) is 4.19. The van der Waals surface area contributed by atoms with E-state index < -0.39 is 6.10 Å². The molecule has 0 aromatic heterocycles. The van der Waals surface area contributed by atoms with Crippen molar-refractivity contribution in [3.63, 3.8) is 0 Å². The SMILES string of the molecule is COc1ccc2c(c1)[C@H](O)[C@H](Br)[C@H]2c1ccc(Cl)c(Cl)c1. The molecule has 2 aromatic rings. The van der Waals surface area contributed by atoms with Gasteiger partial charge < -0.3 is 9.84 Å². The van der Waals surface area contributed by atoms with Crippen LogP contribution in [0.25, 0.3) is 0 Å². The van der Waals surface area contributed by atoms with Crippen LogP contribution in [0.4, 0.5) is 0 Å². The highest BCUT2D eigenvalue weighted by Crippen LogP contribution is 2.49. The van der Waals surface area contributed by atoms with E-state index in [1.165, 1.54) is 0 Å². The standard InChI is InChI=1S/C16H13BrCl2O2/c1-21-9-3-4-10-11(7-9)16(20)15(17)14(10)8-2-5-12(18)13(19)6-8/h2-7,14-16,20H,1H3/t14-,15+,16-/m0/s1. The zero-order chi connectivity index (χ0) is 15.1. The molecule has 0 unspecified atom stereocenters. The summed E-state index contributed by atoms with van der Waals surface area (Å²) in [5.41, 5.74) is 2.98. The van der Waals surface area contributed by atoms with E-state index in [1.807, 2.05) is 30.3 Å². The predicted molar refractivity (Wildman–Crippen MR) is 89.0 cm³/mol. The fourth-order valence-electron chi connectivity index (χ4n) is 2.81. The van der Waals surface area contributed by atoms with E-state index >= 15 is 0 Å². The van der Waals surface area contributed by atoms with Gasteiger partial charge in [0.15, 0.2) is 0 Å². The zero-order valence-corrected chi connectivity index (χ0v) is 14.3. The van der Waals surface area contributed by atoms with E-state index in [-0.39, 0.29) is 10.7 Å². The van der Waals surface area contributed by atoms with Crippen LogP contribution in [0.15, 0.2) is 36.4 Å². The summed E-state index contributed by atoms with van der Waals surface area (Å²) < 4.78 is 5.23. The molecule has 21 heavy (non-hydrogen) atoms. The van der Waals surface area contributed by atoms with E-state index in [9.17, 15) is 5.11 Å². The number of aliphatic hydroxyl groups is 1. The van der Waals surface area contributed by atoms with Gasteiger partial charge in [-0.25, -0.2) is 0 Å². The first-order valence-electron chi connectivity index (χ1n) is 6.48. The largest absolute Gasteiger partial charge is 0.497 e. The Balaban J connectivity index is 2.10. The van der Waals surface area contributed by atoms with Gasteiger partial charge in [0, 0.05) is 5.92 Å². The monoisotopic (exact) mass is 386 g/mol. The summed E-state index contributed by atoms with van der Waals surface area (Å²) in [6.07, 6.45) is -0.588. The molecule has 0 fully saturated rings. The summed E-state index contributed by atoms with van der Waals surface area (Å²) in [6.45, 7) is 0. The Bertz CT molecular complexity index is 690. The van der Waals surface area contributed by atoms with Crippen molar-refractivity contribution < 1.29 is 9.84 Å². The van der Waals surface area contributed by atoms with Gasteiger partial charge in [0.25, 0.3) is 0 Å². The molecule has 1 aliphatic rings. The molecule has 5 heteroatoms. The second-order valence-electron chi connectivity index (χ2n) is 5.04. The topological polar surface area (TPSA) is 29.5 Å². The minimum atomic E-state index is -0.588. The van der Waals surface area contributed by atoms with Gasteiger partial charge in [0.1, 0.15) is 5.75 Å². The molecule has 3 rings (SSSR count). The van der Waals surface area contributed by atoms with Crippen molar-refractivity contribution in [2.75, 3.05) is 7.11 Å². The molecular weight excluding hydrogens is 375 g/mol. The Morgan fingerprint density at radius 2 is 1.81 bits per heavy atom. The number of benzene rings is 2. The van der Waals surface area contributed by atoms with Crippen LogP contribution >= 0.6 is 39.1 Å². The lowest BCUT2D eigenvalue weighted by molar-refractivity contribution is 0.184. The average Bonchev–Trinajstić information content (AvgIpc) is 2.74. The van der Waals surface area contributed by atoms with Gasteiger partial charge in [-0.2, -0.15) is 0 Å². The number of hydrogen-bond acceptors (Lipinski definition) is 2. The van der Waals surface area contributed by atoms with Crippen molar-refractivity contribution >= 4 is 39.1 Å². The molecule has 1 aliphatic carbocycles. The van der Waals surface area contributed by atoms with Crippen molar-refractivity contribution in [2.24, 2.45) is 0 Å². The smallest absolute Gasteiger partial charge is 0.119 e. The molecule has 2 aromatic carbocycles. The maximum absolute atomic E-state index is 10.5. The van der Waals surface area contributed by atoms with Crippen LogP contribution in [0, 0.1) is 0 Å². The summed E-state index contributed by atoms with van der Waals surface area (Å²) in [4.78, 5) is -0.114. The van der Waals surface area contributed by atoms with Gasteiger partial charge in [-0.05, 0) is 41.0 Å². The molecule has 110 valence electrons. The molecule has 3 atom stereocenters. The highest BCUT2D eigenvalue weighted by Gasteiger charge is 2.39. The second-order valence-corrected chi connectivity index (χ2v) is 6.91. The minimum absolute atomic E-state index is 0.0238. The summed E-state index contributed by atoms with van der Waals surface area (Å²) in [5, 5.41) is 11.5. The first-order valence-corrected chi connectivity index (χ1v) is 8.15. The fraction of sp³-hybridized carbons (Fsp3) is 0.250. The average molecular weight is 388 g/mol. The fourth-order valence-corrected chi connectivity index (χ4v) is 4.00. The maximum Gasteiger partial charge on any atom is 0.119 e. The van der Waals surface area contributed by atoms with Crippen LogP contribution in [0.3, 0.4) is 0 Å². The third kappa shape index (κ3) is 2.57. The summed E-state index contributed by atoms with van der Waals surface area (Å²) in [7, 11) is 1.62. The van der Waals surface area contributed by atoms with Gasteiger partial charge in [-0.15, -0.1) is 0 Å². The van der Waals surface area contributed by atoms with Crippen LogP contribution < -0.4 is 4.74 Å². The number of alkyl halides is 1. The Hall–Kier alpha value is -0.740. The molecule has 0 aliphatic heterocycles. The normalized spacial score (nSPS) is 24.0. The molecular formula is C16H13BrCl2O2. The molecule has 0 saturated carbocycles. The summed E-state index contributed by atoms with van der Waals surface area (Å²) in [5.74, 6) is 0.762. The number of ether oxygens (including phenoxy) is 1. The highest BCUT2D eigenvalue weighted by atomic mass is 79.9. The molecule has 1 N–H and O–H groups in total. The lowest BCUT2D eigenvalue weighted by Gasteiger charge is -2.18. The minimum Gasteiger partial charge on any atom is -0.497 e. The Labute approximate surface area is 141 Å². The second kappa shape index (κ2) is 5.81. The molecule has 0 spiro atoms. The van der Waals surface area contributed by atoms with Gasteiger partial charge in [0.2, 0.25) is 0 Å². The maximum atomic E-state index is 10.5. The lowest BCUT2D eigenvalue weighted by atomic mass is 9.93. The van der Waals surface area contributed by atoms with Gasteiger partial charge >= 0.3 is 0 Å². The van der Waals surface area contributed by atoms with Crippen molar-refractivity contribution in [3.8, 4) is 5.75 Å². The van der Waals surface area contributed by atoms with Crippen molar-refractivity contribution in [1.29, 1.82) is 0 Å².